The Balaban J connectivity index is 2.25. The number of hydrogen-bond acceptors (Lipinski definition) is 5. The molecule has 1 amide bonds. The summed E-state index contributed by atoms with van der Waals surface area (Å²) in [7, 11) is 0. The summed E-state index contributed by atoms with van der Waals surface area (Å²) in [5.41, 5.74) is 2.10. The van der Waals surface area contributed by atoms with Gasteiger partial charge in [0.25, 0.3) is 5.91 Å². The highest BCUT2D eigenvalue weighted by molar-refractivity contribution is 8.26. The largest absolute Gasteiger partial charge is 0.548 e. The van der Waals surface area contributed by atoms with Crippen molar-refractivity contribution in [3.05, 3.63) is 40.3 Å². The molecule has 0 spiro atoms. The van der Waals surface area contributed by atoms with Crippen LogP contribution in [0, 0.1) is 0 Å². The fourth-order valence-electron chi connectivity index (χ4n) is 1.92. The van der Waals surface area contributed by atoms with E-state index in [0.717, 1.165) is 28.6 Å². The van der Waals surface area contributed by atoms with Crippen molar-refractivity contribution in [3.8, 4) is 0 Å². The van der Waals surface area contributed by atoms with Crippen LogP contribution in [0.15, 0.2) is 29.2 Å². The van der Waals surface area contributed by atoms with Gasteiger partial charge in [0.05, 0.1) is 16.9 Å². The van der Waals surface area contributed by atoms with E-state index < -0.39 is 12.0 Å². The van der Waals surface area contributed by atoms with Crippen molar-refractivity contribution < 1.29 is 14.7 Å². The van der Waals surface area contributed by atoms with Gasteiger partial charge >= 0.3 is 0 Å². The van der Waals surface area contributed by atoms with E-state index >= 15 is 0 Å². The van der Waals surface area contributed by atoms with Gasteiger partial charge in [-0.15, -0.1) is 0 Å². The van der Waals surface area contributed by atoms with Crippen LogP contribution in [0.1, 0.15) is 25.0 Å². The van der Waals surface area contributed by atoms with Crippen molar-refractivity contribution in [3.63, 3.8) is 0 Å². The molecule has 0 saturated carbocycles. The van der Waals surface area contributed by atoms with Crippen molar-refractivity contribution in [2.75, 3.05) is 0 Å². The van der Waals surface area contributed by atoms with Crippen molar-refractivity contribution in [1.82, 2.24) is 4.90 Å². The summed E-state index contributed by atoms with van der Waals surface area (Å²) in [5, 5.41) is 10.9. The molecule has 1 aromatic carbocycles. The molecule has 1 saturated heterocycles. The highest BCUT2D eigenvalue weighted by Crippen LogP contribution is 2.33. The van der Waals surface area contributed by atoms with Crippen molar-refractivity contribution in [1.29, 1.82) is 0 Å². The monoisotopic (exact) mass is 320 g/mol. The van der Waals surface area contributed by atoms with Gasteiger partial charge in [-0.3, -0.25) is 9.69 Å². The Hall–Kier alpha value is -1.66. The molecule has 1 aliphatic heterocycles. The van der Waals surface area contributed by atoms with Crippen molar-refractivity contribution in [2.45, 2.75) is 26.3 Å². The minimum atomic E-state index is -1.32. The number of amides is 1. The summed E-state index contributed by atoms with van der Waals surface area (Å²) in [4.78, 5) is 24.7. The minimum Gasteiger partial charge on any atom is -0.548 e. The third-order valence-electron chi connectivity index (χ3n) is 3.24. The number of rotatable bonds is 4. The SMILES string of the molecule is CCc1ccc(/C=C2/SC(=S)N([C@H](C)C(=O)[O-])C2=O)cc1. The molecule has 6 heteroatoms. The average Bonchev–Trinajstić information content (AvgIpc) is 2.73. The van der Waals surface area contributed by atoms with Gasteiger partial charge in [-0.1, -0.05) is 55.2 Å². The number of carboxylic acids is 1. The molecule has 1 aliphatic rings. The topological polar surface area (TPSA) is 60.4 Å². The first-order chi connectivity index (χ1) is 9.93. The number of hydrogen-bond donors (Lipinski definition) is 0. The molecule has 4 nitrogen and oxygen atoms in total. The zero-order valence-corrected chi connectivity index (χ0v) is 13.3. The fourth-order valence-corrected chi connectivity index (χ4v) is 3.34. The lowest BCUT2D eigenvalue weighted by atomic mass is 10.1. The first-order valence-electron chi connectivity index (χ1n) is 6.51. The van der Waals surface area contributed by atoms with Gasteiger partial charge in [-0.05, 0) is 30.5 Å². The molecule has 0 radical (unpaired) electrons. The predicted molar refractivity (Wildman–Crippen MR) is 85.3 cm³/mol. The number of nitrogens with zero attached hydrogens (tertiary/aromatic N) is 1. The second-order valence-electron chi connectivity index (χ2n) is 4.64. The van der Waals surface area contributed by atoms with Crippen LogP contribution >= 0.6 is 24.0 Å². The first kappa shape index (κ1) is 15.7. The zero-order valence-electron chi connectivity index (χ0n) is 11.7. The van der Waals surface area contributed by atoms with Gasteiger partial charge in [0, 0.05) is 0 Å². The highest BCUT2D eigenvalue weighted by Gasteiger charge is 2.35. The van der Waals surface area contributed by atoms with Crippen LogP contribution in [0.3, 0.4) is 0 Å². The Bertz CT molecular complexity index is 622. The number of carbonyl (C=O) groups excluding carboxylic acids is 2. The van der Waals surface area contributed by atoms with E-state index in [1.54, 1.807) is 6.08 Å². The van der Waals surface area contributed by atoms with Gasteiger partial charge in [0.15, 0.2) is 0 Å². The van der Waals surface area contributed by atoms with E-state index in [-0.39, 0.29) is 10.2 Å². The lowest BCUT2D eigenvalue weighted by molar-refractivity contribution is -0.309. The standard InChI is InChI=1S/C15H15NO3S2/c1-3-10-4-6-11(7-5-10)8-12-13(17)16(15(20)21-12)9(2)14(18)19/h4-9H,3H2,1-2H3,(H,18,19)/p-1/b12-8+/t9-/m1/s1. The molecular formula is C15H14NO3S2-. The number of thiocarbonyl (C=S) groups is 1. The van der Waals surface area contributed by atoms with Crippen LogP contribution in [0.5, 0.6) is 0 Å². The van der Waals surface area contributed by atoms with Crippen LogP contribution < -0.4 is 5.11 Å². The summed E-state index contributed by atoms with van der Waals surface area (Å²) in [5.74, 6) is -1.71. The number of carboxylic acid groups (broad SMARTS) is 1. The molecule has 0 bridgehead atoms. The second kappa shape index (κ2) is 6.41. The van der Waals surface area contributed by atoms with Crippen LogP contribution in [0.4, 0.5) is 0 Å². The van der Waals surface area contributed by atoms with E-state index in [4.69, 9.17) is 12.2 Å². The van der Waals surface area contributed by atoms with Gasteiger partial charge in [-0.2, -0.15) is 0 Å². The summed E-state index contributed by atoms with van der Waals surface area (Å²) >= 11 is 6.19. The maximum absolute atomic E-state index is 12.2. The average molecular weight is 320 g/mol. The van der Waals surface area contributed by atoms with Gasteiger partial charge in [-0.25, -0.2) is 0 Å². The van der Waals surface area contributed by atoms with Crippen LogP contribution in [-0.4, -0.2) is 27.1 Å². The zero-order chi connectivity index (χ0) is 15.6. The van der Waals surface area contributed by atoms with E-state index in [1.165, 1.54) is 12.5 Å². The van der Waals surface area contributed by atoms with Gasteiger partial charge in [0.2, 0.25) is 0 Å². The third-order valence-corrected chi connectivity index (χ3v) is 4.57. The fraction of sp³-hybridized carbons (Fsp3) is 0.267. The first-order valence-corrected chi connectivity index (χ1v) is 7.73. The molecule has 1 heterocycles. The number of benzene rings is 1. The normalized spacial score (nSPS) is 18.4. The van der Waals surface area contributed by atoms with Crippen LogP contribution in [-0.2, 0) is 16.0 Å². The number of carbonyl (C=O) groups is 2. The summed E-state index contributed by atoms with van der Waals surface area (Å²) in [6.07, 6.45) is 2.67. The van der Waals surface area contributed by atoms with E-state index in [9.17, 15) is 14.7 Å². The smallest absolute Gasteiger partial charge is 0.266 e. The molecule has 0 N–H and O–H groups in total. The van der Waals surface area contributed by atoms with Crippen molar-refractivity contribution >= 4 is 46.3 Å². The van der Waals surface area contributed by atoms with Crippen LogP contribution in [0.2, 0.25) is 0 Å². The summed E-state index contributed by atoms with van der Waals surface area (Å²) < 4.78 is 0.244. The van der Waals surface area contributed by atoms with E-state index in [1.807, 2.05) is 24.3 Å². The maximum Gasteiger partial charge on any atom is 0.266 e. The van der Waals surface area contributed by atoms with Gasteiger partial charge in [0.1, 0.15) is 4.32 Å². The molecule has 1 aromatic rings. The third kappa shape index (κ3) is 3.33. The molecule has 21 heavy (non-hydrogen) atoms. The van der Waals surface area contributed by atoms with E-state index in [0.29, 0.717) is 4.91 Å². The Morgan fingerprint density at radius 3 is 2.57 bits per heavy atom. The molecule has 0 unspecified atom stereocenters. The number of aliphatic carboxylic acids is 1. The Kier molecular flexibility index (Phi) is 4.80. The number of aryl methyl sites for hydroxylation is 1. The van der Waals surface area contributed by atoms with E-state index in [2.05, 4.69) is 6.92 Å². The second-order valence-corrected chi connectivity index (χ2v) is 6.32. The lowest BCUT2D eigenvalue weighted by Gasteiger charge is -2.23. The predicted octanol–water partition coefficient (Wildman–Crippen LogP) is 1.59. The maximum atomic E-state index is 12.2. The van der Waals surface area contributed by atoms with Crippen molar-refractivity contribution in [2.24, 2.45) is 0 Å². The van der Waals surface area contributed by atoms with Crippen LogP contribution in [0.25, 0.3) is 6.08 Å². The molecule has 0 aromatic heterocycles. The van der Waals surface area contributed by atoms with Gasteiger partial charge < -0.3 is 9.90 Å². The molecule has 110 valence electrons. The minimum absolute atomic E-state index is 0.244. The highest BCUT2D eigenvalue weighted by atomic mass is 32.2. The summed E-state index contributed by atoms with van der Waals surface area (Å²) in [6, 6.07) is 6.78. The molecule has 1 atom stereocenters. The number of thioether (sulfide) groups is 1. The molecule has 0 aliphatic carbocycles. The molecular weight excluding hydrogens is 306 g/mol. The Morgan fingerprint density at radius 2 is 2.05 bits per heavy atom. The molecule has 2 rings (SSSR count). The Morgan fingerprint density at radius 1 is 1.43 bits per heavy atom. The Labute approximate surface area is 132 Å². The summed E-state index contributed by atoms with van der Waals surface area (Å²) in [6.45, 7) is 3.46. The molecule has 1 fully saturated rings. The quantitative estimate of drug-likeness (QED) is 0.623. The lowest BCUT2D eigenvalue weighted by Crippen LogP contribution is -2.48.